The maximum Gasteiger partial charge on any atom is 0.327 e. The molecule has 1 amide bonds. The average Bonchev–Trinajstić information content (AvgIpc) is 2.27. The van der Waals surface area contributed by atoms with Crippen molar-refractivity contribution < 1.29 is 27.7 Å². The Morgan fingerprint density at radius 1 is 1.32 bits per heavy atom. The highest BCUT2D eigenvalue weighted by Crippen LogP contribution is 1.99. The number of aliphatic carboxylic acids is 1. The molecule has 0 saturated carbocycles. The van der Waals surface area contributed by atoms with Crippen LogP contribution in [0.15, 0.2) is 24.5 Å². The van der Waals surface area contributed by atoms with E-state index in [1.807, 2.05) is 5.32 Å². The molecular formula is C10H12N2O6S. The third-order valence-corrected chi connectivity index (χ3v) is 2.88. The van der Waals surface area contributed by atoms with Crippen molar-refractivity contribution in [2.24, 2.45) is 0 Å². The standard InChI is InChI=1S/C10H12N2O6S/c13-9(5-7-1-3-11-4-2-7)12-8(10(14)15)6-19(16,17)18/h1-4,8H,5-6H2,(H,12,13)(H,14,15)(H,16,17,18)/t8-/m0/s1. The number of amides is 1. The first kappa shape index (κ1) is 15.1. The van der Waals surface area contributed by atoms with Crippen molar-refractivity contribution in [2.75, 3.05) is 5.75 Å². The molecule has 1 atom stereocenters. The number of rotatable bonds is 6. The first-order chi connectivity index (χ1) is 8.78. The summed E-state index contributed by atoms with van der Waals surface area (Å²) in [6.45, 7) is 0. The molecule has 8 nitrogen and oxygen atoms in total. The molecule has 0 saturated heterocycles. The largest absolute Gasteiger partial charge is 0.480 e. The molecule has 0 aliphatic rings. The molecule has 0 radical (unpaired) electrons. The van der Waals surface area contributed by atoms with E-state index in [4.69, 9.17) is 9.66 Å². The topological polar surface area (TPSA) is 134 Å². The summed E-state index contributed by atoms with van der Waals surface area (Å²) >= 11 is 0. The monoisotopic (exact) mass is 288 g/mol. The molecular weight excluding hydrogens is 276 g/mol. The molecule has 1 heterocycles. The van der Waals surface area contributed by atoms with E-state index in [0.717, 1.165) is 0 Å². The fourth-order valence-electron chi connectivity index (χ4n) is 1.32. The van der Waals surface area contributed by atoms with Crippen molar-refractivity contribution in [3.05, 3.63) is 30.1 Å². The summed E-state index contributed by atoms with van der Waals surface area (Å²) in [6, 6.07) is 1.44. The second kappa shape index (κ2) is 6.25. The van der Waals surface area contributed by atoms with Crippen LogP contribution in [-0.2, 0) is 26.1 Å². The Labute approximate surface area is 109 Å². The normalized spacial score (nSPS) is 12.7. The summed E-state index contributed by atoms with van der Waals surface area (Å²) in [4.78, 5) is 26.1. The molecule has 19 heavy (non-hydrogen) atoms. The maximum absolute atomic E-state index is 11.5. The highest BCUT2D eigenvalue weighted by Gasteiger charge is 2.25. The third kappa shape index (κ3) is 5.93. The minimum atomic E-state index is -4.49. The van der Waals surface area contributed by atoms with Gasteiger partial charge in [-0.3, -0.25) is 14.3 Å². The fraction of sp³-hybridized carbons (Fsp3) is 0.300. The quantitative estimate of drug-likeness (QED) is 0.576. The maximum atomic E-state index is 11.5. The van der Waals surface area contributed by atoms with E-state index in [2.05, 4.69) is 4.98 Å². The number of carboxylic acids is 1. The van der Waals surface area contributed by atoms with E-state index in [1.54, 1.807) is 12.1 Å². The van der Waals surface area contributed by atoms with Gasteiger partial charge in [-0.15, -0.1) is 0 Å². The predicted molar refractivity (Wildman–Crippen MR) is 63.9 cm³/mol. The lowest BCUT2D eigenvalue weighted by molar-refractivity contribution is -0.141. The van der Waals surface area contributed by atoms with Gasteiger partial charge in [0.2, 0.25) is 5.91 Å². The Kier molecular flexibility index (Phi) is 4.95. The highest BCUT2D eigenvalue weighted by molar-refractivity contribution is 7.85. The SMILES string of the molecule is O=C(Cc1ccncc1)N[C@@H](CS(=O)(=O)O)C(=O)O. The fourth-order valence-corrected chi connectivity index (χ4v) is 1.96. The minimum Gasteiger partial charge on any atom is -0.480 e. The van der Waals surface area contributed by atoms with Gasteiger partial charge in [0.05, 0.1) is 6.42 Å². The Balaban J connectivity index is 2.65. The zero-order valence-corrected chi connectivity index (χ0v) is 10.5. The number of nitrogens with zero attached hydrogens (tertiary/aromatic N) is 1. The van der Waals surface area contributed by atoms with Crippen LogP contribution in [-0.4, -0.2) is 46.7 Å². The Morgan fingerprint density at radius 2 is 1.89 bits per heavy atom. The van der Waals surface area contributed by atoms with Crippen molar-refractivity contribution >= 4 is 22.0 Å². The van der Waals surface area contributed by atoms with Crippen LogP contribution in [0.5, 0.6) is 0 Å². The van der Waals surface area contributed by atoms with Gasteiger partial charge >= 0.3 is 5.97 Å². The molecule has 1 aromatic rings. The summed E-state index contributed by atoms with van der Waals surface area (Å²) < 4.78 is 29.8. The van der Waals surface area contributed by atoms with Crippen molar-refractivity contribution in [1.82, 2.24) is 10.3 Å². The van der Waals surface area contributed by atoms with Crippen molar-refractivity contribution in [3.63, 3.8) is 0 Å². The third-order valence-electron chi connectivity index (χ3n) is 2.12. The van der Waals surface area contributed by atoms with Crippen LogP contribution >= 0.6 is 0 Å². The zero-order valence-electron chi connectivity index (χ0n) is 9.68. The summed E-state index contributed by atoms with van der Waals surface area (Å²) in [5.74, 6) is -3.28. The Morgan fingerprint density at radius 3 is 2.37 bits per heavy atom. The van der Waals surface area contributed by atoms with Crippen LogP contribution in [0.25, 0.3) is 0 Å². The van der Waals surface area contributed by atoms with Gasteiger partial charge in [0.15, 0.2) is 0 Å². The van der Waals surface area contributed by atoms with Gasteiger partial charge < -0.3 is 10.4 Å². The lowest BCUT2D eigenvalue weighted by Crippen LogP contribution is -2.45. The molecule has 0 unspecified atom stereocenters. The van der Waals surface area contributed by atoms with Gasteiger partial charge in [-0.05, 0) is 17.7 Å². The van der Waals surface area contributed by atoms with Crippen molar-refractivity contribution in [3.8, 4) is 0 Å². The van der Waals surface area contributed by atoms with E-state index in [9.17, 15) is 18.0 Å². The van der Waals surface area contributed by atoms with Crippen LogP contribution in [0.3, 0.4) is 0 Å². The van der Waals surface area contributed by atoms with Gasteiger partial charge in [-0.25, -0.2) is 4.79 Å². The number of aromatic nitrogens is 1. The summed E-state index contributed by atoms with van der Waals surface area (Å²) in [5.41, 5.74) is 0.600. The van der Waals surface area contributed by atoms with E-state index >= 15 is 0 Å². The smallest absolute Gasteiger partial charge is 0.327 e. The lowest BCUT2D eigenvalue weighted by Gasteiger charge is -2.12. The second-order valence-electron chi connectivity index (χ2n) is 3.74. The van der Waals surface area contributed by atoms with Gasteiger partial charge in [0.25, 0.3) is 10.1 Å². The van der Waals surface area contributed by atoms with Crippen LogP contribution < -0.4 is 5.32 Å². The van der Waals surface area contributed by atoms with Crippen molar-refractivity contribution in [1.29, 1.82) is 0 Å². The average molecular weight is 288 g/mol. The molecule has 104 valence electrons. The number of hydrogen-bond donors (Lipinski definition) is 3. The van der Waals surface area contributed by atoms with E-state index in [0.29, 0.717) is 5.56 Å². The number of hydrogen-bond acceptors (Lipinski definition) is 5. The summed E-state index contributed by atoms with van der Waals surface area (Å²) in [6.07, 6.45) is 2.82. The molecule has 1 rings (SSSR count). The Bertz CT molecular complexity index is 557. The van der Waals surface area contributed by atoms with Gasteiger partial charge in [0, 0.05) is 12.4 Å². The molecule has 0 fully saturated rings. The van der Waals surface area contributed by atoms with E-state index in [1.165, 1.54) is 12.4 Å². The summed E-state index contributed by atoms with van der Waals surface area (Å²) in [7, 11) is -4.49. The first-order valence-electron chi connectivity index (χ1n) is 5.14. The zero-order chi connectivity index (χ0) is 14.5. The molecule has 0 aliphatic carbocycles. The Hall–Kier alpha value is -2.00. The number of pyridine rings is 1. The number of carbonyl (C=O) groups is 2. The molecule has 0 spiro atoms. The van der Waals surface area contributed by atoms with Gasteiger partial charge in [-0.2, -0.15) is 8.42 Å². The van der Waals surface area contributed by atoms with Crippen LogP contribution in [0, 0.1) is 0 Å². The van der Waals surface area contributed by atoms with E-state index in [-0.39, 0.29) is 6.42 Å². The van der Waals surface area contributed by atoms with Crippen molar-refractivity contribution in [2.45, 2.75) is 12.5 Å². The van der Waals surface area contributed by atoms with Crippen LogP contribution in [0.4, 0.5) is 0 Å². The molecule has 1 aromatic heterocycles. The number of carbonyl (C=O) groups excluding carboxylic acids is 1. The number of carboxylic acid groups (broad SMARTS) is 1. The van der Waals surface area contributed by atoms with Crippen LogP contribution in [0.2, 0.25) is 0 Å². The number of nitrogens with one attached hydrogen (secondary N) is 1. The van der Waals surface area contributed by atoms with Gasteiger partial charge in [-0.1, -0.05) is 0 Å². The first-order valence-corrected chi connectivity index (χ1v) is 6.75. The predicted octanol–water partition coefficient (Wildman–Crippen LogP) is -0.919. The second-order valence-corrected chi connectivity index (χ2v) is 5.24. The highest BCUT2D eigenvalue weighted by atomic mass is 32.2. The summed E-state index contributed by atoms with van der Waals surface area (Å²) in [5, 5.41) is 10.8. The van der Waals surface area contributed by atoms with E-state index < -0.39 is 33.8 Å². The van der Waals surface area contributed by atoms with Gasteiger partial charge in [0.1, 0.15) is 11.8 Å². The lowest BCUT2D eigenvalue weighted by atomic mass is 10.2. The molecule has 0 aliphatic heterocycles. The molecule has 0 bridgehead atoms. The molecule has 3 N–H and O–H groups in total. The van der Waals surface area contributed by atoms with Crippen LogP contribution in [0.1, 0.15) is 5.56 Å². The molecule has 9 heteroatoms. The minimum absolute atomic E-state index is 0.113. The molecule has 0 aromatic carbocycles.